The van der Waals surface area contributed by atoms with Crippen molar-refractivity contribution in [3.8, 4) is 0 Å². The van der Waals surface area contributed by atoms with Crippen LogP contribution in [-0.4, -0.2) is 44.3 Å². The Morgan fingerprint density at radius 2 is 1.70 bits per heavy atom. The first-order valence-electron chi connectivity index (χ1n) is 11.8. The summed E-state index contributed by atoms with van der Waals surface area (Å²) in [5, 5.41) is 2.92. The summed E-state index contributed by atoms with van der Waals surface area (Å²) in [5.41, 5.74) is 1.16. The number of carbonyl (C=O) groups is 1. The average Bonchev–Trinajstić information content (AvgIpc) is 2.85. The summed E-state index contributed by atoms with van der Waals surface area (Å²) >= 11 is 0. The summed E-state index contributed by atoms with van der Waals surface area (Å²) < 4.78 is 41.9. The highest BCUT2D eigenvalue weighted by Crippen LogP contribution is 2.29. The van der Waals surface area contributed by atoms with Gasteiger partial charge in [-0.25, -0.2) is 12.8 Å². The lowest BCUT2D eigenvalue weighted by Gasteiger charge is -2.34. The van der Waals surface area contributed by atoms with E-state index in [1.54, 1.807) is 40.7 Å². The van der Waals surface area contributed by atoms with E-state index in [2.05, 4.69) is 5.32 Å². The number of nitrogens with one attached hydrogen (secondary N) is 1. The highest BCUT2D eigenvalue weighted by Gasteiger charge is 2.32. The third kappa shape index (κ3) is 5.22. The molecular weight excluding hydrogens is 441 g/mol. The highest BCUT2D eigenvalue weighted by molar-refractivity contribution is 7.89. The van der Waals surface area contributed by atoms with E-state index in [0.717, 1.165) is 25.7 Å². The molecule has 1 amide bonds. The smallest absolute Gasteiger partial charge is 0.243 e. The van der Waals surface area contributed by atoms with Gasteiger partial charge in [0.1, 0.15) is 5.82 Å². The monoisotopic (exact) mass is 473 g/mol. The molecule has 2 fully saturated rings. The van der Waals surface area contributed by atoms with Gasteiger partial charge in [0.2, 0.25) is 15.9 Å². The van der Waals surface area contributed by atoms with Gasteiger partial charge in [0.05, 0.1) is 10.6 Å². The Kier molecular flexibility index (Phi) is 7.34. The summed E-state index contributed by atoms with van der Waals surface area (Å²) in [6.45, 7) is 3.82. The predicted molar refractivity (Wildman–Crippen MR) is 128 cm³/mol. The number of sulfonamides is 1. The van der Waals surface area contributed by atoms with E-state index >= 15 is 0 Å². The SMILES string of the molecule is CCC1CCCCN1S(=O)(=O)c1ccc(NC(=O)C2CCN(c3ccccc3F)CC2)cc1. The minimum absolute atomic E-state index is 0.0540. The van der Waals surface area contributed by atoms with Gasteiger partial charge in [-0.1, -0.05) is 25.5 Å². The Balaban J connectivity index is 1.35. The van der Waals surface area contributed by atoms with Crippen molar-refractivity contribution in [1.82, 2.24) is 4.31 Å². The van der Waals surface area contributed by atoms with E-state index < -0.39 is 10.0 Å². The molecule has 2 aromatic rings. The molecule has 4 rings (SSSR count). The maximum absolute atomic E-state index is 14.0. The van der Waals surface area contributed by atoms with Crippen LogP contribution < -0.4 is 10.2 Å². The number of para-hydroxylation sites is 1. The molecule has 8 heteroatoms. The van der Waals surface area contributed by atoms with Crippen LogP contribution in [0.4, 0.5) is 15.8 Å². The minimum Gasteiger partial charge on any atom is -0.369 e. The second-order valence-corrected chi connectivity index (χ2v) is 10.8. The maximum Gasteiger partial charge on any atom is 0.243 e. The Morgan fingerprint density at radius 1 is 1.00 bits per heavy atom. The standard InChI is InChI=1S/C25H32FN3O3S/c1-2-21-7-5-6-16-29(21)33(31,32)22-12-10-20(11-13-22)27-25(30)19-14-17-28(18-15-19)24-9-4-3-8-23(24)26/h3-4,8-13,19,21H,2,5-7,14-18H2,1H3,(H,27,30). The largest absolute Gasteiger partial charge is 0.369 e. The lowest BCUT2D eigenvalue weighted by molar-refractivity contribution is -0.120. The molecule has 2 saturated heterocycles. The van der Waals surface area contributed by atoms with E-state index in [4.69, 9.17) is 0 Å². The number of benzene rings is 2. The van der Waals surface area contributed by atoms with Crippen molar-refractivity contribution in [2.24, 2.45) is 5.92 Å². The number of anilines is 2. The zero-order chi connectivity index (χ0) is 23.4. The van der Waals surface area contributed by atoms with Crippen molar-refractivity contribution in [1.29, 1.82) is 0 Å². The fourth-order valence-electron chi connectivity index (χ4n) is 4.88. The topological polar surface area (TPSA) is 69.7 Å². The van der Waals surface area contributed by atoms with E-state index in [-0.39, 0.29) is 28.6 Å². The molecule has 2 aliphatic rings. The number of halogens is 1. The molecule has 2 heterocycles. The first kappa shape index (κ1) is 23.7. The Hall–Kier alpha value is -2.45. The number of carbonyl (C=O) groups excluding carboxylic acids is 1. The molecule has 0 aromatic heterocycles. The molecule has 0 spiro atoms. The zero-order valence-electron chi connectivity index (χ0n) is 19.0. The Morgan fingerprint density at radius 3 is 2.36 bits per heavy atom. The molecule has 0 radical (unpaired) electrons. The molecule has 178 valence electrons. The summed E-state index contributed by atoms with van der Waals surface area (Å²) in [4.78, 5) is 15.0. The third-order valence-electron chi connectivity index (χ3n) is 6.83. The van der Waals surface area contributed by atoms with E-state index in [1.807, 2.05) is 17.9 Å². The van der Waals surface area contributed by atoms with E-state index in [1.165, 1.54) is 6.07 Å². The fourth-order valence-corrected chi connectivity index (χ4v) is 6.65. The Bertz CT molecular complexity index is 1070. The van der Waals surface area contributed by atoms with Crippen molar-refractivity contribution in [3.05, 3.63) is 54.3 Å². The van der Waals surface area contributed by atoms with Crippen molar-refractivity contribution in [2.75, 3.05) is 29.9 Å². The quantitative estimate of drug-likeness (QED) is 0.664. The minimum atomic E-state index is -3.54. The van der Waals surface area contributed by atoms with Crippen LogP contribution in [0.15, 0.2) is 53.4 Å². The average molecular weight is 474 g/mol. The van der Waals surface area contributed by atoms with Crippen LogP contribution in [0.25, 0.3) is 0 Å². The number of amides is 1. The molecule has 1 N–H and O–H groups in total. The molecule has 1 unspecified atom stereocenters. The van der Waals surface area contributed by atoms with Crippen LogP contribution in [-0.2, 0) is 14.8 Å². The molecular formula is C25H32FN3O3S. The third-order valence-corrected chi connectivity index (χ3v) is 8.80. The van der Waals surface area contributed by atoms with Crippen molar-refractivity contribution >= 4 is 27.3 Å². The van der Waals surface area contributed by atoms with Gasteiger partial charge >= 0.3 is 0 Å². The van der Waals surface area contributed by atoms with Crippen LogP contribution in [0.3, 0.4) is 0 Å². The van der Waals surface area contributed by atoms with Crippen LogP contribution in [0.2, 0.25) is 0 Å². The van der Waals surface area contributed by atoms with Gasteiger partial charge in [-0.15, -0.1) is 0 Å². The fraction of sp³-hybridized carbons (Fsp3) is 0.480. The molecule has 2 aliphatic heterocycles. The van der Waals surface area contributed by atoms with E-state index in [9.17, 15) is 17.6 Å². The lowest BCUT2D eigenvalue weighted by atomic mass is 9.95. The van der Waals surface area contributed by atoms with Gasteiger partial charge in [-0.3, -0.25) is 4.79 Å². The second-order valence-electron chi connectivity index (χ2n) is 8.90. The van der Waals surface area contributed by atoms with Crippen LogP contribution >= 0.6 is 0 Å². The maximum atomic E-state index is 14.0. The number of piperidine rings is 2. The van der Waals surface area contributed by atoms with Crippen LogP contribution in [0.1, 0.15) is 45.4 Å². The van der Waals surface area contributed by atoms with Gasteiger partial charge < -0.3 is 10.2 Å². The predicted octanol–water partition coefficient (Wildman–Crippen LogP) is 4.63. The molecule has 0 saturated carbocycles. The zero-order valence-corrected chi connectivity index (χ0v) is 19.9. The molecule has 2 aromatic carbocycles. The molecule has 0 bridgehead atoms. The Labute approximate surface area is 195 Å². The number of nitrogens with zero attached hydrogens (tertiary/aromatic N) is 2. The van der Waals surface area contributed by atoms with Gasteiger partial charge in [-0.05, 0) is 68.5 Å². The number of hydrogen-bond acceptors (Lipinski definition) is 4. The lowest BCUT2D eigenvalue weighted by Crippen LogP contribution is -2.43. The normalized spacial score (nSPS) is 20.5. The molecule has 6 nitrogen and oxygen atoms in total. The molecule has 0 aliphatic carbocycles. The van der Waals surface area contributed by atoms with Gasteiger partial charge in [0.15, 0.2) is 0 Å². The van der Waals surface area contributed by atoms with Gasteiger partial charge in [-0.2, -0.15) is 4.31 Å². The van der Waals surface area contributed by atoms with Crippen LogP contribution in [0.5, 0.6) is 0 Å². The van der Waals surface area contributed by atoms with Gasteiger partial charge in [0.25, 0.3) is 0 Å². The summed E-state index contributed by atoms with van der Waals surface area (Å²) in [6.07, 6.45) is 4.94. The first-order valence-corrected chi connectivity index (χ1v) is 13.3. The first-order chi connectivity index (χ1) is 15.9. The van der Waals surface area contributed by atoms with Crippen molar-refractivity contribution in [3.63, 3.8) is 0 Å². The van der Waals surface area contributed by atoms with Crippen molar-refractivity contribution in [2.45, 2.75) is 56.4 Å². The van der Waals surface area contributed by atoms with Crippen LogP contribution in [0, 0.1) is 11.7 Å². The summed E-state index contributed by atoms with van der Waals surface area (Å²) in [7, 11) is -3.54. The van der Waals surface area contributed by atoms with E-state index in [0.29, 0.717) is 43.9 Å². The molecule has 1 atom stereocenters. The number of rotatable bonds is 6. The van der Waals surface area contributed by atoms with Gasteiger partial charge in [0, 0.05) is 37.3 Å². The number of hydrogen-bond donors (Lipinski definition) is 1. The highest BCUT2D eigenvalue weighted by atomic mass is 32.2. The summed E-state index contributed by atoms with van der Waals surface area (Å²) in [6, 6.07) is 13.2. The second kappa shape index (κ2) is 10.2. The summed E-state index contributed by atoms with van der Waals surface area (Å²) in [5.74, 6) is -0.485. The molecule has 33 heavy (non-hydrogen) atoms. The van der Waals surface area contributed by atoms with Crippen molar-refractivity contribution < 1.29 is 17.6 Å².